The Morgan fingerprint density at radius 1 is 1.24 bits per heavy atom. The van der Waals surface area contributed by atoms with Gasteiger partial charge in [-0.1, -0.05) is 51.1 Å². The molecular weight excluding hydrogens is 288 g/mol. The summed E-state index contributed by atoms with van der Waals surface area (Å²) >= 11 is 0. The van der Waals surface area contributed by atoms with E-state index in [9.17, 15) is 13.2 Å². The molecule has 0 saturated carbocycles. The minimum Gasteiger partial charge on any atom is -0.461 e. The number of hydrogen-bond acceptors (Lipinski definition) is 4. The molecule has 5 heteroatoms. The molecule has 0 aliphatic rings. The van der Waals surface area contributed by atoms with Crippen molar-refractivity contribution < 1.29 is 17.9 Å². The van der Waals surface area contributed by atoms with Gasteiger partial charge >= 0.3 is 5.97 Å². The monoisotopic (exact) mass is 312 g/mol. The largest absolute Gasteiger partial charge is 0.461 e. The van der Waals surface area contributed by atoms with E-state index in [0.717, 1.165) is 11.8 Å². The summed E-state index contributed by atoms with van der Waals surface area (Å²) in [5.74, 6) is -0.687. The molecule has 0 N–H and O–H groups in total. The molecule has 21 heavy (non-hydrogen) atoms. The summed E-state index contributed by atoms with van der Waals surface area (Å²) in [5, 5.41) is -1.14. The van der Waals surface area contributed by atoms with E-state index in [1.165, 1.54) is 6.92 Å². The Balaban J connectivity index is 2.96. The molecule has 0 saturated heterocycles. The van der Waals surface area contributed by atoms with E-state index in [1.54, 1.807) is 0 Å². The Morgan fingerprint density at radius 3 is 2.19 bits per heavy atom. The maximum Gasteiger partial charge on any atom is 0.324 e. The molecule has 2 atom stereocenters. The molecule has 0 radical (unpaired) electrons. The maximum atomic E-state index is 12.0. The molecule has 0 fully saturated rings. The van der Waals surface area contributed by atoms with E-state index < -0.39 is 21.1 Å². The maximum absolute atomic E-state index is 12.0. The van der Waals surface area contributed by atoms with Crippen molar-refractivity contribution in [1.82, 2.24) is 0 Å². The third-order valence-corrected chi connectivity index (χ3v) is 5.40. The minimum absolute atomic E-state index is 0.378. The highest BCUT2D eigenvalue weighted by Crippen LogP contribution is 2.31. The van der Waals surface area contributed by atoms with E-state index in [4.69, 9.17) is 4.74 Å². The smallest absolute Gasteiger partial charge is 0.324 e. The van der Waals surface area contributed by atoms with E-state index >= 15 is 0 Å². The summed E-state index contributed by atoms with van der Waals surface area (Å²) < 4.78 is 28.4. The predicted octanol–water partition coefficient (Wildman–Crippen LogP) is 2.72. The number of sulfone groups is 1. The van der Waals surface area contributed by atoms with E-state index in [0.29, 0.717) is 6.42 Å². The molecule has 0 aliphatic heterocycles. The topological polar surface area (TPSA) is 60.4 Å². The number of rotatable bonds is 6. The number of benzene rings is 1. The van der Waals surface area contributed by atoms with Crippen LogP contribution >= 0.6 is 0 Å². The van der Waals surface area contributed by atoms with Gasteiger partial charge in [0.2, 0.25) is 0 Å². The highest BCUT2D eigenvalue weighted by atomic mass is 32.2. The Bertz CT molecular complexity index is 576. The van der Waals surface area contributed by atoms with Crippen LogP contribution in [0.5, 0.6) is 0 Å². The lowest BCUT2D eigenvalue weighted by atomic mass is 9.78. The van der Waals surface area contributed by atoms with Crippen LogP contribution in [0.1, 0.15) is 39.7 Å². The van der Waals surface area contributed by atoms with Crippen LogP contribution in [0.3, 0.4) is 0 Å². The molecule has 0 spiro atoms. The SMILES string of the molecule is CC[C@H](OC(=O)[C@@H](C)S(C)(=O)=O)C(C)(C)c1ccccc1. The van der Waals surface area contributed by atoms with Gasteiger partial charge in [-0.15, -0.1) is 0 Å². The van der Waals surface area contributed by atoms with Crippen molar-refractivity contribution in [3.63, 3.8) is 0 Å². The van der Waals surface area contributed by atoms with E-state index in [1.807, 2.05) is 51.1 Å². The number of esters is 1. The quantitative estimate of drug-likeness (QED) is 0.758. The molecule has 0 unspecified atom stereocenters. The Kier molecular flexibility index (Phi) is 5.56. The number of carbonyl (C=O) groups is 1. The predicted molar refractivity (Wildman–Crippen MR) is 83.9 cm³/mol. The lowest BCUT2D eigenvalue weighted by Gasteiger charge is -2.34. The highest BCUT2D eigenvalue weighted by Gasteiger charge is 2.35. The van der Waals surface area contributed by atoms with Crippen LogP contribution < -0.4 is 0 Å². The van der Waals surface area contributed by atoms with Gasteiger partial charge in [0.05, 0.1) is 0 Å². The second kappa shape index (κ2) is 6.60. The molecule has 1 aromatic carbocycles. The molecule has 0 aromatic heterocycles. The van der Waals surface area contributed by atoms with Crippen molar-refractivity contribution in [3.05, 3.63) is 35.9 Å². The van der Waals surface area contributed by atoms with E-state index in [-0.39, 0.29) is 11.5 Å². The van der Waals surface area contributed by atoms with Gasteiger partial charge in [-0.25, -0.2) is 8.42 Å². The van der Waals surface area contributed by atoms with Crippen LogP contribution in [0.2, 0.25) is 0 Å². The second-order valence-electron chi connectivity index (χ2n) is 5.89. The van der Waals surface area contributed by atoms with Crippen molar-refractivity contribution in [2.24, 2.45) is 0 Å². The fourth-order valence-corrected chi connectivity index (χ4v) is 2.61. The number of carbonyl (C=O) groups excluding carboxylic acids is 1. The van der Waals surface area contributed by atoms with Crippen molar-refractivity contribution in [1.29, 1.82) is 0 Å². The average molecular weight is 312 g/mol. The lowest BCUT2D eigenvalue weighted by molar-refractivity contribution is -0.151. The van der Waals surface area contributed by atoms with Gasteiger partial charge in [-0.2, -0.15) is 0 Å². The first-order valence-electron chi connectivity index (χ1n) is 7.05. The summed E-state index contributed by atoms with van der Waals surface area (Å²) in [6, 6.07) is 9.76. The van der Waals surface area contributed by atoms with Crippen molar-refractivity contribution >= 4 is 15.8 Å². The third kappa shape index (κ3) is 4.30. The molecule has 1 rings (SSSR count). The first kappa shape index (κ1) is 17.7. The fourth-order valence-electron chi connectivity index (χ4n) is 2.21. The normalized spacial score (nSPS) is 15.3. The lowest BCUT2D eigenvalue weighted by Crippen LogP contribution is -2.40. The Labute approximate surface area is 127 Å². The zero-order valence-electron chi connectivity index (χ0n) is 13.3. The van der Waals surface area contributed by atoms with E-state index in [2.05, 4.69) is 0 Å². The molecule has 0 heterocycles. The number of hydrogen-bond donors (Lipinski definition) is 0. The van der Waals surface area contributed by atoms with Crippen LogP contribution in [-0.4, -0.2) is 32.0 Å². The first-order chi connectivity index (χ1) is 9.60. The molecule has 0 bridgehead atoms. The molecule has 1 aromatic rings. The average Bonchev–Trinajstić information content (AvgIpc) is 2.43. The van der Waals surface area contributed by atoms with Gasteiger partial charge in [0.25, 0.3) is 0 Å². The van der Waals surface area contributed by atoms with Gasteiger partial charge in [-0.3, -0.25) is 4.79 Å². The minimum atomic E-state index is -3.44. The van der Waals surface area contributed by atoms with Crippen LogP contribution in [0.4, 0.5) is 0 Å². The standard InChI is InChI=1S/C16H24O4S/c1-6-14(20-15(17)12(2)21(5,18)19)16(3,4)13-10-8-7-9-11-13/h7-12,14H,6H2,1-5H3/t12-,14+/m1/s1. The van der Waals surface area contributed by atoms with Gasteiger partial charge in [-0.05, 0) is 18.9 Å². The zero-order chi connectivity index (χ0) is 16.3. The second-order valence-corrected chi connectivity index (χ2v) is 8.26. The van der Waals surface area contributed by atoms with Gasteiger partial charge < -0.3 is 4.74 Å². The summed E-state index contributed by atoms with van der Waals surface area (Å²) in [7, 11) is -3.44. The van der Waals surface area contributed by atoms with Crippen LogP contribution in [0.25, 0.3) is 0 Å². The Hall–Kier alpha value is -1.36. The van der Waals surface area contributed by atoms with Gasteiger partial charge in [0.15, 0.2) is 15.1 Å². The molecular formula is C16H24O4S. The van der Waals surface area contributed by atoms with Gasteiger partial charge in [0, 0.05) is 11.7 Å². The highest BCUT2D eigenvalue weighted by molar-refractivity contribution is 7.92. The summed E-state index contributed by atoms with van der Waals surface area (Å²) in [4.78, 5) is 12.0. The van der Waals surface area contributed by atoms with Crippen molar-refractivity contribution in [3.8, 4) is 0 Å². The van der Waals surface area contributed by atoms with Crippen LogP contribution in [0, 0.1) is 0 Å². The van der Waals surface area contributed by atoms with Crippen molar-refractivity contribution in [2.45, 2.75) is 50.9 Å². The molecule has 4 nitrogen and oxygen atoms in total. The fraction of sp³-hybridized carbons (Fsp3) is 0.562. The summed E-state index contributed by atoms with van der Waals surface area (Å²) in [5.41, 5.74) is 0.666. The number of ether oxygens (including phenoxy) is 1. The zero-order valence-corrected chi connectivity index (χ0v) is 14.1. The summed E-state index contributed by atoms with van der Waals surface area (Å²) in [6.45, 7) is 7.28. The van der Waals surface area contributed by atoms with Crippen molar-refractivity contribution in [2.75, 3.05) is 6.26 Å². The van der Waals surface area contributed by atoms with Crippen LogP contribution in [-0.2, 0) is 24.8 Å². The first-order valence-corrected chi connectivity index (χ1v) is 9.01. The van der Waals surface area contributed by atoms with Gasteiger partial charge in [0.1, 0.15) is 6.10 Å². The molecule has 0 aliphatic carbocycles. The molecule has 0 amide bonds. The van der Waals surface area contributed by atoms with Crippen LogP contribution in [0.15, 0.2) is 30.3 Å². The summed E-state index contributed by atoms with van der Waals surface area (Å²) in [6.07, 6.45) is 1.28. The third-order valence-electron chi connectivity index (χ3n) is 3.93. The molecule has 118 valence electrons. The Morgan fingerprint density at radius 2 is 1.76 bits per heavy atom.